The van der Waals surface area contributed by atoms with Crippen molar-refractivity contribution in [3.63, 3.8) is 0 Å². The zero-order valence-corrected chi connectivity index (χ0v) is 8.53. The molecule has 0 unspecified atom stereocenters. The van der Waals surface area contributed by atoms with E-state index in [0.29, 0.717) is 0 Å². The molecule has 0 aromatic heterocycles. The average Bonchev–Trinajstić information content (AvgIpc) is 2.43. The number of nitrogens with zero attached hydrogens (tertiary/aromatic N) is 1. The van der Waals surface area contributed by atoms with Gasteiger partial charge >= 0.3 is 5.97 Å². The number of methoxy groups -OCH3 is 1. The average molecular weight is 198 g/mol. The molecule has 0 fully saturated rings. The van der Waals surface area contributed by atoms with Crippen LogP contribution in [0.3, 0.4) is 0 Å². The fourth-order valence-corrected chi connectivity index (χ4v) is 1.33. The van der Waals surface area contributed by atoms with Gasteiger partial charge in [-0.1, -0.05) is 0 Å². The molecule has 0 saturated carbocycles. The van der Waals surface area contributed by atoms with E-state index in [2.05, 4.69) is 4.74 Å². The third-order valence-corrected chi connectivity index (χ3v) is 2.20. The lowest BCUT2D eigenvalue weighted by Gasteiger charge is -2.20. The predicted octanol–water partition coefficient (Wildman–Crippen LogP) is -0.377. The number of carbonyl (C=O) groups excluding carboxylic acids is 2. The van der Waals surface area contributed by atoms with E-state index < -0.39 is 5.97 Å². The van der Waals surface area contributed by atoms with Gasteiger partial charge < -0.3 is 15.4 Å². The molecule has 1 heterocycles. The van der Waals surface area contributed by atoms with E-state index in [0.717, 1.165) is 0 Å². The summed E-state index contributed by atoms with van der Waals surface area (Å²) in [5, 5.41) is 0. The molecule has 1 aliphatic heterocycles. The Labute approximate surface area is 82.5 Å². The fourth-order valence-electron chi connectivity index (χ4n) is 1.33. The highest BCUT2D eigenvalue weighted by Gasteiger charge is 2.33. The Kier molecular flexibility index (Phi) is 2.78. The lowest BCUT2D eigenvalue weighted by atomic mass is 10.2. The molecule has 0 radical (unpaired) electrons. The first-order valence-electron chi connectivity index (χ1n) is 4.37. The van der Waals surface area contributed by atoms with Gasteiger partial charge in [0, 0.05) is 6.04 Å². The topological polar surface area (TPSA) is 72.6 Å². The monoisotopic (exact) mass is 198 g/mol. The van der Waals surface area contributed by atoms with Crippen molar-refractivity contribution in [3.8, 4) is 0 Å². The highest BCUT2D eigenvalue weighted by atomic mass is 16.5. The maximum atomic E-state index is 11.5. The third kappa shape index (κ3) is 1.57. The largest absolute Gasteiger partial charge is 0.466 e. The van der Waals surface area contributed by atoms with Crippen LogP contribution in [0.1, 0.15) is 13.8 Å². The summed E-state index contributed by atoms with van der Waals surface area (Å²) >= 11 is 0. The standard InChI is InChI=1S/C9H14N2O3/c1-5(2)11-4-6(9(13)14-3)7(10)8(11)12/h5H,4,10H2,1-3H3. The molecule has 5 nitrogen and oxygen atoms in total. The second-order valence-corrected chi connectivity index (χ2v) is 3.41. The summed E-state index contributed by atoms with van der Waals surface area (Å²) in [5.41, 5.74) is 5.78. The van der Waals surface area contributed by atoms with E-state index in [-0.39, 0.29) is 29.8 Å². The van der Waals surface area contributed by atoms with Crippen LogP contribution in [-0.4, -0.2) is 36.5 Å². The van der Waals surface area contributed by atoms with Crippen LogP contribution in [0.4, 0.5) is 0 Å². The summed E-state index contributed by atoms with van der Waals surface area (Å²) in [6.45, 7) is 3.98. The minimum atomic E-state index is -0.529. The summed E-state index contributed by atoms with van der Waals surface area (Å²) in [7, 11) is 1.27. The maximum absolute atomic E-state index is 11.5. The Morgan fingerprint density at radius 1 is 1.57 bits per heavy atom. The number of hydrogen-bond acceptors (Lipinski definition) is 4. The molecule has 1 rings (SSSR count). The molecule has 0 spiro atoms. The van der Waals surface area contributed by atoms with Gasteiger partial charge in [-0.2, -0.15) is 0 Å². The Bertz CT molecular complexity index is 307. The van der Waals surface area contributed by atoms with Gasteiger partial charge in [-0.3, -0.25) is 4.79 Å². The van der Waals surface area contributed by atoms with Crippen molar-refractivity contribution < 1.29 is 14.3 Å². The smallest absolute Gasteiger partial charge is 0.337 e. The van der Waals surface area contributed by atoms with Crippen LogP contribution in [0.25, 0.3) is 0 Å². The molecular weight excluding hydrogens is 184 g/mol. The van der Waals surface area contributed by atoms with Crippen molar-refractivity contribution in [2.75, 3.05) is 13.7 Å². The van der Waals surface area contributed by atoms with E-state index in [1.54, 1.807) is 0 Å². The molecule has 14 heavy (non-hydrogen) atoms. The maximum Gasteiger partial charge on any atom is 0.337 e. The second kappa shape index (κ2) is 3.69. The van der Waals surface area contributed by atoms with Crippen LogP contribution < -0.4 is 5.73 Å². The third-order valence-electron chi connectivity index (χ3n) is 2.20. The van der Waals surface area contributed by atoms with Crippen LogP contribution in [0, 0.1) is 0 Å². The van der Waals surface area contributed by atoms with Gasteiger partial charge in [0.25, 0.3) is 5.91 Å². The number of carbonyl (C=O) groups is 2. The molecule has 0 bridgehead atoms. The van der Waals surface area contributed by atoms with E-state index in [1.807, 2.05) is 13.8 Å². The molecule has 1 aliphatic rings. The summed E-state index contributed by atoms with van der Waals surface area (Å²) in [4.78, 5) is 24.2. The first kappa shape index (κ1) is 10.6. The van der Waals surface area contributed by atoms with E-state index in [4.69, 9.17) is 5.73 Å². The molecule has 0 aromatic rings. The number of hydrogen-bond donors (Lipinski definition) is 1. The lowest BCUT2D eigenvalue weighted by molar-refractivity contribution is -0.136. The van der Waals surface area contributed by atoms with Crippen LogP contribution >= 0.6 is 0 Å². The van der Waals surface area contributed by atoms with Gasteiger partial charge in [-0.25, -0.2) is 4.79 Å². The minimum Gasteiger partial charge on any atom is -0.466 e. The highest BCUT2D eigenvalue weighted by molar-refractivity contribution is 6.06. The molecule has 0 saturated heterocycles. The zero-order chi connectivity index (χ0) is 10.9. The van der Waals surface area contributed by atoms with Crippen molar-refractivity contribution in [2.24, 2.45) is 5.73 Å². The van der Waals surface area contributed by atoms with Crippen molar-refractivity contribution in [1.82, 2.24) is 4.90 Å². The van der Waals surface area contributed by atoms with Crippen LogP contribution in [0.5, 0.6) is 0 Å². The van der Waals surface area contributed by atoms with Crippen LogP contribution in [-0.2, 0) is 14.3 Å². The Balaban J connectivity index is 2.91. The number of nitrogens with two attached hydrogens (primary N) is 1. The van der Waals surface area contributed by atoms with E-state index in [9.17, 15) is 9.59 Å². The van der Waals surface area contributed by atoms with Gasteiger partial charge in [-0.15, -0.1) is 0 Å². The number of ether oxygens (including phenoxy) is 1. The summed E-state index contributed by atoms with van der Waals surface area (Å²) in [5.74, 6) is -0.820. The van der Waals surface area contributed by atoms with Gasteiger partial charge in [0.05, 0.1) is 19.2 Å². The van der Waals surface area contributed by atoms with Crippen LogP contribution in [0.15, 0.2) is 11.3 Å². The molecule has 0 aromatic carbocycles. The van der Waals surface area contributed by atoms with Gasteiger partial charge in [0.1, 0.15) is 5.70 Å². The summed E-state index contributed by atoms with van der Waals surface area (Å²) < 4.78 is 4.53. The van der Waals surface area contributed by atoms with Crippen molar-refractivity contribution in [2.45, 2.75) is 19.9 Å². The molecular formula is C9H14N2O3. The second-order valence-electron chi connectivity index (χ2n) is 3.41. The van der Waals surface area contributed by atoms with Crippen molar-refractivity contribution >= 4 is 11.9 Å². The molecule has 2 N–H and O–H groups in total. The Hall–Kier alpha value is -1.52. The van der Waals surface area contributed by atoms with Crippen molar-refractivity contribution in [1.29, 1.82) is 0 Å². The number of esters is 1. The molecule has 78 valence electrons. The van der Waals surface area contributed by atoms with Gasteiger partial charge in [0.15, 0.2) is 0 Å². The minimum absolute atomic E-state index is 0.00514. The van der Waals surface area contributed by atoms with Gasteiger partial charge in [-0.05, 0) is 13.8 Å². The first-order chi connectivity index (χ1) is 6.49. The van der Waals surface area contributed by atoms with E-state index in [1.165, 1.54) is 12.0 Å². The predicted molar refractivity (Wildman–Crippen MR) is 50.1 cm³/mol. The van der Waals surface area contributed by atoms with Gasteiger partial charge in [0.2, 0.25) is 0 Å². The number of rotatable bonds is 2. The lowest BCUT2D eigenvalue weighted by Crippen LogP contribution is -2.35. The Morgan fingerprint density at radius 3 is 2.50 bits per heavy atom. The SMILES string of the molecule is COC(=O)C1=C(N)C(=O)N(C(C)C)C1. The molecule has 5 heteroatoms. The molecule has 0 atom stereocenters. The number of amides is 1. The zero-order valence-electron chi connectivity index (χ0n) is 8.53. The van der Waals surface area contributed by atoms with E-state index >= 15 is 0 Å². The van der Waals surface area contributed by atoms with Crippen molar-refractivity contribution in [3.05, 3.63) is 11.3 Å². The van der Waals surface area contributed by atoms with Crippen LogP contribution in [0.2, 0.25) is 0 Å². The summed E-state index contributed by atoms with van der Waals surface area (Å²) in [6.07, 6.45) is 0. The summed E-state index contributed by atoms with van der Waals surface area (Å²) in [6, 6.07) is 0.0307. The highest BCUT2D eigenvalue weighted by Crippen LogP contribution is 2.18. The fraction of sp³-hybridized carbons (Fsp3) is 0.556. The molecule has 0 aliphatic carbocycles. The normalized spacial score (nSPS) is 16.9. The quantitative estimate of drug-likeness (QED) is 0.614. The Morgan fingerprint density at radius 2 is 2.14 bits per heavy atom. The molecule has 1 amide bonds. The first-order valence-corrected chi connectivity index (χ1v) is 4.37.